The normalized spacial score (nSPS) is 24.0. The molecule has 0 spiro atoms. The molecule has 2 rings (SSSR count). The monoisotopic (exact) mass is 253 g/mol. The summed E-state index contributed by atoms with van der Waals surface area (Å²) in [6.45, 7) is 4.63. The number of hydrogen-bond acceptors (Lipinski definition) is 4. The maximum Gasteiger partial charge on any atom is 0.354 e. The molecular weight excluding hydrogens is 238 g/mol. The minimum Gasteiger partial charge on any atom is -0.477 e. The number of ether oxygens (including phenoxy) is 1. The molecule has 0 aliphatic carbocycles. The Morgan fingerprint density at radius 1 is 1.44 bits per heavy atom. The topological polar surface area (TPSA) is 95.5 Å². The zero-order valence-electron chi connectivity index (χ0n) is 10.2. The Balaban J connectivity index is 2.20. The van der Waals surface area contributed by atoms with Crippen LogP contribution in [0.2, 0.25) is 0 Å². The van der Waals surface area contributed by atoms with E-state index in [1.807, 2.05) is 13.8 Å². The molecular formula is C11H15N3O4. The highest BCUT2D eigenvalue weighted by Crippen LogP contribution is 2.14. The van der Waals surface area contributed by atoms with Gasteiger partial charge in [-0.25, -0.2) is 9.78 Å². The molecule has 1 aromatic heterocycles. The molecule has 7 nitrogen and oxygen atoms in total. The maximum absolute atomic E-state index is 12.2. The number of H-pyrrole nitrogens is 1. The predicted molar refractivity (Wildman–Crippen MR) is 61.5 cm³/mol. The Kier molecular flexibility index (Phi) is 3.33. The number of aromatic nitrogens is 2. The van der Waals surface area contributed by atoms with Gasteiger partial charge in [0, 0.05) is 13.1 Å². The number of carbonyl (C=O) groups excluding carboxylic acids is 1. The number of aromatic carboxylic acids is 1. The smallest absolute Gasteiger partial charge is 0.354 e. The van der Waals surface area contributed by atoms with Crippen LogP contribution in [0.3, 0.4) is 0 Å². The Bertz CT molecular complexity index is 461. The molecule has 0 radical (unpaired) electrons. The number of hydrogen-bond donors (Lipinski definition) is 2. The van der Waals surface area contributed by atoms with Gasteiger partial charge in [-0.15, -0.1) is 0 Å². The van der Waals surface area contributed by atoms with Crippen LogP contribution < -0.4 is 0 Å². The molecule has 0 saturated carbocycles. The van der Waals surface area contributed by atoms with Crippen LogP contribution in [0.25, 0.3) is 0 Å². The number of imidazole rings is 1. The number of aromatic amines is 1. The summed E-state index contributed by atoms with van der Waals surface area (Å²) in [6.07, 6.45) is 1.08. The van der Waals surface area contributed by atoms with Gasteiger partial charge in [0.2, 0.25) is 0 Å². The van der Waals surface area contributed by atoms with Gasteiger partial charge < -0.3 is 19.7 Å². The van der Waals surface area contributed by atoms with Crippen LogP contribution >= 0.6 is 0 Å². The summed E-state index contributed by atoms with van der Waals surface area (Å²) in [7, 11) is 0. The molecule has 18 heavy (non-hydrogen) atoms. The first-order chi connectivity index (χ1) is 8.49. The first-order valence-corrected chi connectivity index (χ1v) is 5.70. The van der Waals surface area contributed by atoms with Crippen LogP contribution in [0, 0.1) is 0 Å². The SMILES string of the molecule is CC1CN(C(=O)c2nc[nH]c2C(=O)O)CC(C)O1. The molecule has 98 valence electrons. The van der Waals surface area contributed by atoms with Gasteiger partial charge in [-0.05, 0) is 13.8 Å². The molecule has 1 amide bonds. The standard InChI is InChI=1S/C11H15N3O4/c1-6-3-14(4-7(2)18-6)10(15)8-9(11(16)17)13-5-12-8/h5-7H,3-4H2,1-2H3,(H,12,13)(H,16,17). The van der Waals surface area contributed by atoms with Gasteiger partial charge >= 0.3 is 5.97 Å². The Morgan fingerprint density at radius 3 is 2.61 bits per heavy atom. The number of carboxylic acid groups (broad SMARTS) is 1. The van der Waals surface area contributed by atoms with Gasteiger partial charge in [0.15, 0.2) is 11.4 Å². The van der Waals surface area contributed by atoms with Crippen LogP contribution in [-0.2, 0) is 4.74 Å². The van der Waals surface area contributed by atoms with E-state index in [1.54, 1.807) is 4.90 Å². The van der Waals surface area contributed by atoms with Crippen molar-refractivity contribution in [3.8, 4) is 0 Å². The van der Waals surface area contributed by atoms with Crippen LogP contribution in [0.5, 0.6) is 0 Å². The summed E-state index contributed by atoms with van der Waals surface area (Å²) >= 11 is 0. The second-order valence-corrected chi connectivity index (χ2v) is 4.40. The van der Waals surface area contributed by atoms with Crippen molar-refractivity contribution in [2.45, 2.75) is 26.1 Å². The third-order valence-corrected chi connectivity index (χ3v) is 2.76. The average molecular weight is 253 g/mol. The van der Waals surface area contributed by atoms with E-state index in [0.29, 0.717) is 13.1 Å². The highest BCUT2D eigenvalue weighted by atomic mass is 16.5. The van der Waals surface area contributed by atoms with Gasteiger partial charge in [0.1, 0.15) is 0 Å². The minimum atomic E-state index is -1.19. The molecule has 2 unspecified atom stereocenters. The summed E-state index contributed by atoms with van der Waals surface area (Å²) in [5.41, 5.74) is -0.226. The fraction of sp³-hybridized carbons (Fsp3) is 0.545. The van der Waals surface area contributed by atoms with Crippen molar-refractivity contribution in [2.75, 3.05) is 13.1 Å². The number of carboxylic acids is 1. The second kappa shape index (κ2) is 4.77. The highest BCUT2D eigenvalue weighted by Gasteiger charge is 2.30. The number of carbonyl (C=O) groups is 2. The lowest BCUT2D eigenvalue weighted by Gasteiger charge is -2.35. The van der Waals surface area contributed by atoms with Crippen molar-refractivity contribution < 1.29 is 19.4 Å². The minimum absolute atomic E-state index is 0.0520. The maximum atomic E-state index is 12.2. The zero-order chi connectivity index (χ0) is 13.3. The molecule has 0 bridgehead atoms. The van der Waals surface area contributed by atoms with Crippen molar-refractivity contribution >= 4 is 11.9 Å². The molecule has 1 aromatic rings. The number of amides is 1. The summed E-state index contributed by atoms with van der Waals surface area (Å²) in [6, 6.07) is 0. The van der Waals surface area contributed by atoms with E-state index in [0.717, 1.165) is 0 Å². The van der Waals surface area contributed by atoms with E-state index in [-0.39, 0.29) is 29.5 Å². The molecule has 1 saturated heterocycles. The molecule has 2 N–H and O–H groups in total. The zero-order valence-corrected chi connectivity index (χ0v) is 10.2. The van der Waals surface area contributed by atoms with E-state index in [1.165, 1.54) is 6.33 Å². The Labute approximate surface area is 104 Å². The van der Waals surface area contributed by atoms with E-state index < -0.39 is 5.97 Å². The number of rotatable bonds is 2. The lowest BCUT2D eigenvalue weighted by molar-refractivity contribution is -0.0587. The fourth-order valence-electron chi connectivity index (χ4n) is 2.11. The summed E-state index contributed by atoms with van der Waals surface area (Å²) in [5, 5.41) is 8.94. The molecule has 2 atom stereocenters. The Hall–Kier alpha value is -1.89. The third-order valence-electron chi connectivity index (χ3n) is 2.76. The fourth-order valence-corrected chi connectivity index (χ4v) is 2.11. The number of nitrogens with one attached hydrogen (secondary N) is 1. The van der Waals surface area contributed by atoms with E-state index in [2.05, 4.69) is 9.97 Å². The second-order valence-electron chi connectivity index (χ2n) is 4.40. The molecule has 0 aromatic carbocycles. The lowest BCUT2D eigenvalue weighted by Crippen LogP contribution is -2.48. The molecule has 1 fully saturated rings. The quantitative estimate of drug-likeness (QED) is 0.793. The largest absolute Gasteiger partial charge is 0.477 e. The van der Waals surface area contributed by atoms with E-state index in [4.69, 9.17) is 9.84 Å². The highest BCUT2D eigenvalue weighted by molar-refractivity contribution is 6.02. The van der Waals surface area contributed by atoms with Crippen molar-refractivity contribution in [1.82, 2.24) is 14.9 Å². The van der Waals surface area contributed by atoms with Crippen LogP contribution in [-0.4, -0.2) is 57.1 Å². The summed E-state index contributed by atoms with van der Waals surface area (Å²) < 4.78 is 5.52. The molecule has 7 heteroatoms. The summed E-state index contributed by atoms with van der Waals surface area (Å²) in [4.78, 5) is 31.0. The molecule has 2 heterocycles. The van der Waals surface area contributed by atoms with Gasteiger partial charge in [0.25, 0.3) is 5.91 Å². The van der Waals surface area contributed by atoms with Gasteiger partial charge in [-0.3, -0.25) is 4.79 Å². The third kappa shape index (κ3) is 2.35. The number of nitrogens with zero attached hydrogens (tertiary/aromatic N) is 2. The van der Waals surface area contributed by atoms with E-state index in [9.17, 15) is 9.59 Å². The van der Waals surface area contributed by atoms with Crippen LogP contribution in [0.4, 0.5) is 0 Å². The van der Waals surface area contributed by atoms with Gasteiger partial charge in [-0.1, -0.05) is 0 Å². The molecule has 1 aliphatic heterocycles. The predicted octanol–water partition coefficient (Wildman–Crippen LogP) is 0.357. The Morgan fingerprint density at radius 2 is 2.06 bits per heavy atom. The lowest BCUT2D eigenvalue weighted by atomic mass is 10.2. The average Bonchev–Trinajstić information content (AvgIpc) is 2.75. The van der Waals surface area contributed by atoms with Gasteiger partial charge in [0.05, 0.1) is 18.5 Å². The first-order valence-electron chi connectivity index (χ1n) is 5.70. The van der Waals surface area contributed by atoms with Crippen molar-refractivity contribution in [3.63, 3.8) is 0 Å². The first kappa shape index (κ1) is 12.6. The van der Waals surface area contributed by atoms with E-state index >= 15 is 0 Å². The van der Waals surface area contributed by atoms with Crippen LogP contribution in [0.15, 0.2) is 6.33 Å². The van der Waals surface area contributed by atoms with Crippen molar-refractivity contribution in [3.05, 3.63) is 17.7 Å². The molecule has 1 aliphatic rings. The van der Waals surface area contributed by atoms with Crippen LogP contribution in [0.1, 0.15) is 34.8 Å². The summed E-state index contributed by atoms with van der Waals surface area (Å²) in [5.74, 6) is -1.57. The van der Waals surface area contributed by atoms with Crippen molar-refractivity contribution in [1.29, 1.82) is 0 Å². The van der Waals surface area contributed by atoms with Crippen molar-refractivity contribution in [2.24, 2.45) is 0 Å². The number of morpholine rings is 1. The van der Waals surface area contributed by atoms with Gasteiger partial charge in [-0.2, -0.15) is 0 Å².